The molecule has 0 unspecified atom stereocenters. The van der Waals surface area contributed by atoms with Crippen molar-refractivity contribution in [3.8, 4) is 6.07 Å². The van der Waals surface area contributed by atoms with Crippen LogP contribution in [0.2, 0.25) is 0 Å². The second kappa shape index (κ2) is 6.16. The van der Waals surface area contributed by atoms with E-state index in [1.165, 1.54) is 0 Å². The summed E-state index contributed by atoms with van der Waals surface area (Å²) in [5.74, 6) is -1.28. The summed E-state index contributed by atoms with van der Waals surface area (Å²) in [4.78, 5) is 10.3. The summed E-state index contributed by atoms with van der Waals surface area (Å²) < 4.78 is 25.8. The molecule has 0 aromatic rings. The molecule has 7 heteroatoms. The van der Waals surface area contributed by atoms with Gasteiger partial charge in [-0.1, -0.05) is 19.3 Å². The quantitative estimate of drug-likeness (QED) is 0.746. The summed E-state index contributed by atoms with van der Waals surface area (Å²) in [6, 6.07) is 2.14. The third-order valence-corrected chi connectivity index (χ3v) is 4.75. The fraction of sp³-hybridized carbons (Fsp3) is 0.818. The Kier molecular flexibility index (Phi) is 5.11. The minimum absolute atomic E-state index is 0.126. The Labute approximate surface area is 107 Å². The van der Waals surface area contributed by atoms with E-state index in [1.54, 1.807) is 0 Å². The molecule has 1 fully saturated rings. The number of aliphatic carboxylic acids is 1. The zero-order valence-electron chi connectivity index (χ0n) is 10.2. The van der Waals surface area contributed by atoms with Gasteiger partial charge in [0.15, 0.2) is 0 Å². The molecule has 0 spiro atoms. The highest BCUT2D eigenvalue weighted by atomic mass is 32.2. The van der Waals surface area contributed by atoms with E-state index in [0.717, 1.165) is 19.3 Å². The van der Waals surface area contributed by atoms with E-state index in [0.29, 0.717) is 12.8 Å². The number of nitrogens with zero attached hydrogens (tertiary/aromatic N) is 1. The van der Waals surface area contributed by atoms with Gasteiger partial charge in [0.2, 0.25) is 10.0 Å². The van der Waals surface area contributed by atoms with Crippen molar-refractivity contribution >= 4 is 16.0 Å². The number of hydrogen-bond donors (Lipinski definition) is 2. The first-order valence-corrected chi connectivity index (χ1v) is 7.65. The Balaban J connectivity index is 2.57. The van der Waals surface area contributed by atoms with Gasteiger partial charge in [-0.2, -0.15) is 5.26 Å². The Hall–Kier alpha value is -1.13. The number of carbonyl (C=O) groups is 1. The molecule has 0 atom stereocenters. The van der Waals surface area contributed by atoms with Crippen LogP contribution < -0.4 is 4.72 Å². The van der Waals surface area contributed by atoms with Crippen LogP contribution in [-0.4, -0.2) is 31.8 Å². The SMILES string of the molecule is N#CC1(CS(=O)(=O)NCCC(=O)O)CCCCC1. The molecule has 2 N–H and O–H groups in total. The normalized spacial score (nSPS) is 19.1. The molecule has 1 aliphatic carbocycles. The predicted octanol–water partition coefficient (Wildman–Crippen LogP) is 0.855. The Bertz CT molecular complexity index is 432. The molecule has 0 saturated heterocycles. The van der Waals surface area contributed by atoms with Crippen molar-refractivity contribution in [3.63, 3.8) is 0 Å². The number of sulfonamides is 1. The first-order valence-electron chi connectivity index (χ1n) is 6.00. The largest absolute Gasteiger partial charge is 0.481 e. The number of carboxylic acids is 1. The van der Waals surface area contributed by atoms with Crippen molar-refractivity contribution in [1.29, 1.82) is 5.26 Å². The van der Waals surface area contributed by atoms with E-state index < -0.39 is 21.4 Å². The van der Waals surface area contributed by atoms with Gasteiger partial charge in [0.1, 0.15) is 0 Å². The van der Waals surface area contributed by atoms with E-state index >= 15 is 0 Å². The zero-order chi connectivity index (χ0) is 13.6. The second-order valence-corrected chi connectivity index (χ2v) is 6.56. The van der Waals surface area contributed by atoms with Gasteiger partial charge in [0.05, 0.1) is 23.7 Å². The number of nitriles is 1. The van der Waals surface area contributed by atoms with Gasteiger partial charge in [0.25, 0.3) is 0 Å². The van der Waals surface area contributed by atoms with Crippen molar-refractivity contribution in [2.24, 2.45) is 5.41 Å². The highest BCUT2D eigenvalue weighted by Gasteiger charge is 2.36. The molecule has 0 amide bonds. The molecule has 102 valence electrons. The number of hydrogen-bond acceptors (Lipinski definition) is 4. The van der Waals surface area contributed by atoms with Crippen molar-refractivity contribution in [1.82, 2.24) is 4.72 Å². The summed E-state index contributed by atoms with van der Waals surface area (Å²) >= 11 is 0. The molecular formula is C11H18N2O4S. The van der Waals surface area contributed by atoms with Crippen molar-refractivity contribution in [2.75, 3.05) is 12.3 Å². The molecule has 0 bridgehead atoms. The highest BCUT2D eigenvalue weighted by Crippen LogP contribution is 2.36. The number of nitrogens with one attached hydrogen (secondary N) is 1. The van der Waals surface area contributed by atoms with Crippen LogP contribution in [0.5, 0.6) is 0 Å². The van der Waals surface area contributed by atoms with Gasteiger partial charge in [-0.15, -0.1) is 0 Å². The van der Waals surface area contributed by atoms with Crippen LogP contribution in [0.15, 0.2) is 0 Å². The molecule has 1 saturated carbocycles. The molecule has 6 nitrogen and oxygen atoms in total. The van der Waals surface area contributed by atoms with Gasteiger partial charge in [-0.3, -0.25) is 4.79 Å². The van der Waals surface area contributed by atoms with Crippen LogP contribution in [0.1, 0.15) is 38.5 Å². The molecule has 0 aromatic carbocycles. The predicted molar refractivity (Wildman–Crippen MR) is 65.2 cm³/mol. The standard InChI is InChI=1S/C11H18N2O4S/c12-8-11(5-2-1-3-6-11)9-18(16,17)13-7-4-10(14)15/h13H,1-7,9H2,(H,14,15). The summed E-state index contributed by atoms with van der Waals surface area (Å²) in [7, 11) is -3.58. The minimum atomic E-state index is -3.58. The molecule has 1 rings (SSSR count). The third kappa shape index (κ3) is 4.63. The average molecular weight is 274 g/mol. The third-order valence-electron chi connectivity index (χ3n) is 3.17. The molecule has 0 radical (unpaired) electrons. The molecule has 0 aromatic heterocycles. The van der Waals surface area contributed by atoms with E-state index in [2.05, 4.69) is 10.8 Å². The van der Waals surface area contributed by atoms with Crippen LogP contribution in [0.4, 0.5) is 0 Å². The van der Waals surface area contributed by atoms with Crippen LogP contribution in [0.3, 0.4) is 0 Å². The summed E-state index contributed by atoms with van der Waals surface area (Å²) in [5, 5.41) is 17.6. The molecule has 18 heavy (non-hydrogen) atoms. The maximum atomic E-state index is 11.8. The Morgan fingerprint density at radius 3 is 2.44 bits per heavy atom. The minimum Gasteiger partial charge on any atom is -0.481 e. The Morgan fingerprint density at radius 1 is 1.33 bits per heavy atom. The highest BCUT2D eigenvalue weighted by molar-refractivity contribution is 7.89. The van der Waals surface area contributed by atoms with Gasteiger partial charge in [-0.25, -0.2) is 13.1 Å². The molecule has 0 aliphatic heterocycles. The smallest absolute Gasteiger partial charge is 0.304 e. The zero-order valence-corrected chi connectivity index (χ0v) is 11.0. The van der Waals surface area contributed by atoms with Gasteiger partial charge in [0, 0.05) is 6.54 Å². The van der Waals surface area contributed by atoms with E-state index in [4.69, 9.17) is 5.11 Å². The van der Waals surface area contributed by atoms with Crippen LogP contribution in [0.25, 0.3) is 0 Å². The van der Waals surface area contributed by atoms with Crippen molar-refractivity contribution in [2.45, 2.75) is 38.5 Å². The van der Waals surface area contributed by atoms with Gasteiger partial charge < -0.3 is 5.11 Å². The lowest BCUT2D eigenvalue weighted by Gasteiger charge is -2.30. The van der Waals surface area contributed by atoms with Crippen molar-refractivity contribution in [3.05, 3.63) is 0 Å². The fourth-order valence-electron chi connectivity index (χ4n) is 2.25. The molecule has 0 heterocycles. The number of carboxylic acid groups (broad SMARTS) is 1. The van der Waals surface area contributed by atoms with E-state index in [-0.39, 0.29) is 18.7 Å². The lowest BCUT2D eigenvalue weighted by atomic mass is 9.77. The topological polar surface area (TPSA) is 107 Å². The lowest BCUT2D eigenvalue weighted by molar-refractivity contribution is -0.136. The maximum absolute atomic E-state index is 11.8. The average Bonchev–Trinajstić information content (AvgIpc) is 2.28. The molecular weight excluding hydrogens is 256 g/mol. The Morgan fingerprint density at radius 2 is 1.94 bits per heavy atom. The lowest BCUT2D eigenvalue weighted by Crippen LogP contribution is -2.38. The first-order chi connectivity index (χ1) is 8.39. The monoisotopic (exact) mass is 274 g/mol. The fourth-order valence-corrected chi connectivity index (χ4v) is 3.84. The summed E-state index contributed by atoms with van der Waals surface area (Å²) in [6.07, 6.45) is 3.73. The molecule has 1 aliphatic rings. The van der Waals surface area contributed by atoms with Crippen LogP contribution >= 0.6 is 0 Å². The maximum Gasteiger partial charge on any atom is 0.304 e. The van der Waals surface area contributed by atoms with E-state index in [9.17, 15) is 18.5 Å². The van der Waals surface area contributed by atoms with Crippen LogP contribution in [-0.2, 0) is 14.8 Å². The summed E-state index contributed by atoms with van der Waals surface area (Å²) in [5.41, 5.74) is -0.798. The second-order valence-electron chi connectivity index (χ2n) is 4.75. The summed E-state index contributed by atoms with van der Waals surface area (Å²) in [6.45, 7) is -0.126. The van der Waals surface area contributed by atoms with E-state index in [1.807, 2.05) is 0 Å². The first kappa shape index (κ1) is 14.9. The van der Waals surface area contributed by atoms with Gasteiger partial charge >= 0.3 is 5.97 Å². The van der Waals surface area contributed by atoms with Crippen LogP contribution in [0, 0.1) is 16.7 Å². The van der Waals surface area contributed by atoms with Gasteiger partial charge in [-0.05, 0) is 12.8 Å². The number of rotatable bonds is 6. The van der Waals surface area contributed by atoms with Crippen molar-refractivity contribution < 1.29 is 18.3 Å².